The van der Waals surface area contributed by atoms with Crippen LogP contribution in [0.1, 0.15) is 31.2 Å². The maximum Gasteiger partial charge on any atom is 0.471 e. The number of carbonyl (C=O) groups excluding carboxylic acids is 2. The number of nitrogens with zero attached hydrogens (tertiary/aromatic N) is 1. The van der Waals surface area contributed by atoms with E-state index >= 15 is 0 Å². The van der Waals surface area contributed by atoms with Gasteiger partial charge in [-0.1, -0.05) is 0 Å². The Balaban J connectivity index is 1.75. The number of carbonyl (C=O) groups is 2. The third-order valence-corrected chi connectivity index (χ3v) is 4.85. The van der Waals surface area contributed by atoms with Crippen molar-refractivity contribution in [2.75, 3.05) is 19.6 Å². The summed E-state index contributed by atoms with van der Waals surface area (Å²) in [6, 6.07) is 1.90. The van der Waals surface area contributed by atoms with E-state index in [2.05, 4.69) is 5.32 Å². The standard InChI is InChI=1S/C15H19F3N2O2S/c1-10(12-4-7-23-9-12)13(21)19-8-11-2-5-20(6-3-11)14(22)15(16,17)18/h4,7,9-11H,2-3,5-6,8H2,1H3,(H,19,21)/t10-/m1/s1. The molecule has 0 unspecified atom stereocenters. The number of hydrogen-bond acceptors (Lipinski definition) is 3. The average molecular weight is 348 g/mol. The van der Waals surface area contributed by atoms with Gasteiger partial charge in [-0.2, -0.15) is 24.5 Å². The van der Waals surface area contributed by atoms with Crippen molar-refractivity contribution >= 4 is 23.2 Å². The van der Waals surface area contributed by atoms with Crippen molar-refractivity contribution in [1.29, 1.82) is 0 Å². The maximum atomic E-state index is 12.4. The Morgan fingerprint density at radius 3 is 2.57 bits per heavy atom. The fraction of sp³-hybridized carbons (Fsp3) is 0.600. The third-order valence-electron chi connectivity index (χ3n) is 4.15. The van der Waals surface area contributed by atoms with E-state index in [0.717, 1.165) is 10.5 Å². The van der Waals surface area contributed by atoms with E-state index in [-0.39, 0.29) is 30.8 Å². The largest absolute Gasteiger partial charge is 0.471 e. The summed E-state index contributed by atoms with van der Waals surface area (Å²) >= 11 is 1.53. The van der Waals surface area contributed by atoms with Gasteiger partial charge < -0.3 is 10.2 Å². The van der Waals surface area contributed by atoms with E-state index in [1.165, 1.54) is 11.3 Å². The Morgan fingerprint density at radius 1 is 1.39 bits per heavy atom. The van der Waals surface area contributed by atoms with Gasteiger partial charge >= 0.3 is 12.1 Å². The fourth-order valence-electron chi connectivity index (χ4n) is 2.59. The van der Waals surface area contributed by atoms with Gasteiger partial charge in [0.2, 0.25) is 5.91 Å². The van der Waals surface area contributed by atoms with Gasteiger partial charge in [0.05, 0.1) is 5.92 Å². The number of thiophene rings is 1. The fourth-order valence-corrected chi connectivity index (χ4v) is 3.34. The minimum absolute atomic E-state index is 0.0823. The van der Waals surface area contributed by atoms with Crippen molar-refractivity contribution < 1.29 is 22.8 Å². The van der Waals surface area contributed by atoms with E-state index in [0.29, 0.717) is 19.4 Å². The molecule has 1 fully saturated rings. The lowest BCUT2D eigenvalue weighted by molar-refractivity contribution is -0.186. The van der Waals surface area contributed by atoms with Crippen LogP contribution in [-0.2, 0) is 9.59 Å². The van der Waals surface area contributed by atoms with E-state index in [4.69, 9.17) is 0 Å². The summed E-state index contributed by atoms with van der Waals surface area (Å²) in [5, 5.41) is 6.69. The quantitative estimate of drug-likeness (QED) is 0.910. The second-order valence-corrected chi connectivity index (χ2v) is 6.54. The van der Waals surface area contributed by atoms with Gasteiger partial charge in [0.1, 0.15) is 0 Å². The molecule has 1 N–H and O–H groups in total. The molecule has 1 saturated heterocycles. The van der Waals surface area contributed by atoms with E-state index in [1.807, 2.05) is 23.8 Å². The van der Waals surface area contributed by atoms with Crippen LogP contribution in [0.2, 0.25) is 0 Å². The summed E-state index contributed by atoms with van der Waals surface area (Å²) in [5.41, 5.74) is 0.957. The average Bonchev–Trinajstić information content (AvgIpc) is 3.05. The number of likely N-dealkylation sites (tertiary alicyclic amines) is 1. The lowest BCUT2D eigenvalue weighted by Crippen LogP contribution is -2.46. The lowest BCUT2D eigenvalue weighted by Gasteiger charge is -2.32. The summed E-state index contributed by atoms with van der Waals surface area (Å²) in [6.45, 7) is 2.42. The molecule has 0 aromatic carbocycles. The molecule has 0 saturated carbocycles. The zero-order valence-corrected chi connectivity index (χ0v) is 13.5. The van der Waals surface area contributed by atoms with Crippen molar-refractivity contribution in [2.24, 2.45) is 5.92 Å². The van der Waals surface area contributed by atoms with Crippen LogP contribution in [-0.4, -0.2) is 42.5 Å². The number of rotatable bonds is 4. The third kappa shape index (κ3) is 4.70. The highest BCUT2D eigenvalue weighted by Gasteiger charge is 2.43. The molecule has 2 heterocycles. The number of alkyl halides is 3. The molecular formula is C15H19F3N2O2S. The van der Waals surface area contributed by atoms with Crippen molar-refractivity contribution in [3.05, 3.63) is 22.4 Å². The first-order valence-electron chi connectivity index (χ1n) is 7.45. The predicted octanol–water partition coefficient (Wildman–Crippen LogP) is 2.77. The molecule has 8 heteroatoms. The van der Waals surface area contributed by atoms with Gasteiger partial charge in [0, 0.05) is 19.6 Å². The lowest BCUT2D eigenvalue weighted by atomic mass is 9.96. The Bertz CT molecular complexity index is 537. The molecule has 0 bridgehead atoms. The predicted molar refractivity (Wildman–Crippen MR) is 81.1 cm³/mol. The van der Waals surface area contributed by atoms with Crippen molar-refractivity contribution in [1.82, 2.24) is 10.2 Å². The number of halogens is 3. The molecule has 0 spiro atoms. The zero-order chi connectivity index (χ0) is 17.0. The molecule has 0 aliphatic carbocycles. The highest BCUT2D eigenvalue weighted by atomic mass is 32.1. The molecule has 1 atom stereocenters. The molecule has 2 amide bonds. The van der Waals surface area contributed by atoms with E-state index in [1.54, 1.807) is 0 Å². The Labute approximate surface area is 136 Å². The molecule has 2 rings (SSSR count). The maximum absolute atomic E-state index is 12.4. The first-order valence-corrected chi connectivity index (χ1v) is 8.39. The Morgan fingerprint density at radius 2 is 2.04 bits per heavy atom. The Kier molecular flexibility index (Phi) is 5.67. The van der Waals surface area contributed by atoms with Crippen molar-refractivity contribution in [2.45, 2.75) is 31.9 Å². The number of amides is 2. The number of hydrogen-bond donors (Lipinski definition) is 1. The van der Waals surface area contributed by atoms with E-state index in [9.17, 15) is 22.8 Å². The summed E-state index contributed by atoms with van der Waals surface area (Å²) in [6.07, 6.45) is -3.87. The van der Waals surface area contributed by atoms with Gasteiger partial charge in [-0.05, 0) is 48.1 Å². The molecule has 128 valence electrons. The molecule has 1 aromatic rings. The van der Waals surface area contributed by atoms with E-state index < -0.39 is 12.1 Å². The van der Waals surface area contributed by atoms with Crippen LogP contribution >= 0.6 is 11.3 Å². The topological polar surface area (TPSA) is 49.4 Å². The second kappa shape index (κ2) is 7.33. The minimum atomic E-state index is -4.81. The van der Waals surface area contributed by atoms with Crippen molar-refractivity contribution in [3.8, 4) is 0 Å². The molecule has 23 heavy (non-hydrogen) atoms. The molecule has 1 aliphatic rings. The van der Waals surface area contributed by atoms with Crippen LogP contribution < -0.4 is 5.32 Å². The van der Waals surface area contributed by atoms with Crippen LogP contribution in [0.25, 0.3) is 0 Å². The molecular weight excluding hydrogens is 329 g/mol. The summed E-state index contributed by atoms with van der Waals surface area (Å²) in [4.78, 5) is 24.1. The number of nitrogens with one attached hydrogen (secondary N) is 1. The first kappa shape index (κ1) is 17.8. The normalized spacial score (nSPS) is 17.8. The molecule has 1 aromatic heterocycles. The van der Waals surface area contributed by atoms with Gasteiger partial charge in [-0.25, -0.2) is 0 Å². The van der Waals surface area contributed by atoms with Gasteiger partial charge in [-0.3, -0.25) is 9.59 Å². The highest BCUT2D eigenvalue weighted by Crippen LogP contribution is 2.24. The van der Waals surface area contributed by atoms with Crippen LogP contribution in [0, 0.1) is 5.92 Å². The van der Waals surface area contributed by atoms with Crippen LogP contribution in [0.4, 0.5) is 13.2 Å². The Hall–Kier alpha value is -1.57. The van der Waals surface area contributed by atoms with Crippen LogP contribution in [0.5, 0.6) is 0 Å². The van der Waals surface area contributed by atoms with Crippen LogP contribution in [0.15, 0.2) is 16.8 Å². The summed E-state index contributed by atoms with van der Waals surface area (Å²) < 4.78 is 37.1. The zero-order valence-electron chi connectivity index (χ0n) is 12.7. The van der Waals surface area contributed by atoms with Gasteiger partial charge in [0.15, 0.2) is 0 Å². The van der Waals surface area contributed by atoms with Crippen LogP contribution in [0.3, 0.4) is 0 Å². The van der Waals surface area contributed by atoms with Crippen molar-refractivity contribution in [3.63, 3.8) is 0 Å². The van der Waals surface area contributed by atoms with Gasteiger partial charge in [0.25, 0.3) is 0 Å². The summed E-state index contributed by atoms with van der Waals surface area (Å²) in [7, 11) is 0. The molecule has 1 aliphatic heterocycles. The summed E-state index contributed by atoms with van der Waals surface area (Å²) in [5.74, 6) is -2.00. The number of piperidine rings is 1. The first-order chi connectivity index (χ1) is 10.8. The molecule has 0 radical (unpaired) electrons. The second-order valence-electron chi connectivity index (χ2n) is 5.76. The molecule has 4 nitrogen and oxygen atoms in total. The minimum Gasteiger partial charge on any atom is -0.355 e. The SMILES string of the molecule is C[C@@H](C(=O)NCC1CCN(C(=O)C(F)(F)F)CC1)c1ccsc1. The monoisotopic (exact) mass is 348 g/mol. The smallest absolute Gasteiger partial charge is 0.355 e. The highest BCUT2D eigenvalue weighted by molar-refractivity contribution is 7.08. The van der Waals surface area contributed by atoms with Gasteiger partial charge in [-0.15, -0.1) is 0 Å².